The summed E-state index contributed by atoms with van der Waals surface area (Å²) in [7, 11) is 0. The summed E-state index contributed by atoms with van der Waals surface area (Å²) < 4.78 is 40.0. The summed E-state index contributed by atoms with van der Waals surface area (Å²) in [6, 6.07) is 17.6. The Balaban J connectivity index is 1.38. The topological polar surface area (TPSA) is 67.6 Å². The van der Waals surface area contributed by atoms with E-state index in [-0.39, 0.29) is 17.2 Å². The predicted molar refractivity (Wildman–Crippen MR) is 125 cm³/mol. The van der Waals surface area contributed by atoms with Crippen LogP contribution in [0.1, 0.15) is 10.4 Å². The quantitative estimate of drug-likeness (QED) is 0.433. The van der Waals surface area contributed by atoms with E-state index in [9.17, 15) is 13.6 Å². The average molecular weight is 461 g/mol. The first-order valence-corrected chi connectivity index (χ1v) is 10.8. The molecule has 0 aliphatic carbocycles. The molecule has 4 aromatic rings. The molecular weight excluding hydrogens is 440 g/mol. The van der Waals surface area contributed by atoms with Gasteiger partial charge in [0.1, 0.15) is 11.6 Å². The monoisotopic (exact) mass is 461 g/mol. The van der Waals surface area contributed by atoms with Crippen molar-refractivity contribution >= 4 is 17.3 Å². The number of amides is 1. The van der Waals surface area contributed by atoms with Gasteiger partial charge in [-0.05, 0) is 42.5 Å². The number of morpholine rings is 1. The second-order valence-electron chi connectivity index (χ2n) is 7.77. The number of oxazole rings is 1. The molecule has 0 saturated carbocycles. The molecule has 5 rings (SSSR count). The SMILES string of the molecule is O=C(Nc1ccc(N2CCOCC2)c(F)c1)c1ccccc1-c1ncc(-c2ccccc2F)o1. The van der Waals surface area contributed by atoms with E-state index < -0.39 is 17.5 Å². The van der Waals surface area contributed by atoms with Crippen molar-refractivity contribution in [3.63, 3.8) is 0 Å². The maximum Gasteiger partial charge on any atom is 0.256 e. The fourth-order valence-corrected chi connectivity index (χ4v) is 3.90. The van der Waals surface area contributed by atoms with Crippen LogP contribution in [0.5, 0.6) is 0 Å². The van der Waals surface area contributed by atoms with Crippen LogP contribution in [-0.2, 0) is 4.74 Å². The molecule has 0 atom stereocenters. The van der Waals surface area contributed by atoms with E-state index in [2.05, 4.69) is 10.3 Å². The Morgan fingerprint density at radius 2 is 1.65 bits per heavy atom. The summed E-state index contributed by atoms with van der Waals surface area (Å²) in [5.74, 6) is -0.865. The number of halogens is 2. The van der Waals surface area contributed by atoms with E-state index in [0.717, 1.165) is 0 Å². The number of benzene rings is 3. The molecule has 34 heavy (non-hydrogen) atoms. The van der Waals surface area contributed by atoms with E-state index in [1.54, 1.807) is 54.6 Å². The first-order chi connectivity index (χ1) is 16.6. The molecular formula is C26H21F2N3O3. The first-order valence-electron chi connectivity index (χ1n) is 10.8. The number of nitrogens with zero attached hydrogens (tertiary/aromatic N) is 2. The highest BCUT2D eigenvalue weighted by atomic mass is 19.1. The number of hydrogen-bond donors (Lipinski definition) is 1. The van der Waals surface area contributed by atoms with Gasteiger partial charge in [-0.15, -0.1) is 0 Å². The summed E-state index contributed by atoms with van der Waals surface area (Å²) in [6.07, 6.45) is 1.42. The van der Waals surface area contributed by atoms with Gasteiger partial charge >= 0.3 is 0 Å². The summed E-state index contributed by atoms with van der Waals surface area (Å²) in [5, 5.41) is 2.74. The molecule has 1 aromatic heterocycles. The molecule has 2 heterocycles. The number of anilines is 2. The lowest BCUT2D eigenvalue weighted by atomic mass is 10.1. The first kappa shape index (κ1) is 21.8. The summed E-state index contributed by atoms with van der Waals surface area (Å²) in [5.41, 5.74) is 1.81. The molecule has 172 valence electrons. The number of aromatic nitrogens is 1. The van der Waals surface area contributed by atoms with Crippen LogP contribution in [-0.4, -0.2) is 37.2 Å². The van der Waals surface area contributed by atoms with Crippen molar-refractivity contribution in [3.8, 4) is 22.8 Å². The van der Waals surface area contributed by atoms with Gasteiger partial charge in [-0.25, -0.2) is 13.8 Å². The number of carbonyl (C=O) groups excluding carboxylic acids is 1. The molecule has 1 fully saturated rings. The van der Waals surface area contributed by atoms with Crippen LogP contribution >= 0.6 is 0 Å². The van der Waals surface area contributed by atoms with Crippen LogP contribution in [0, 0.1) is 11.6 Å². The standard InChI is InChI=1S/C26H21F2N3O3/c27-21-8-4-3-7-20(21)24-16-29-26(34-24)19-6-2-1-5-18(19)25(32)30-17-9-10-23(22(28)15-17)31-11-13-33-14-12-31/h1-10,15-16H,11-14H2,(H,30,32). The Kier molecular flexibility index (Phi) is 6.05. The number of rotatable bonds is 5. The van der Waals surface area contributed by atoms with Gasteiger partial charge in [-0.3, -0.25) is 4.79 Å². The molecule has 1 aliphatic heterocycles. The van der Waals surface area contributed by atoms with Crippen LogP contribution in [0.15, 0.2) is 77.3 Å². The van der Waals surface area contributed by atoms with Crippen molar-refractivity contribution in [2.75, 3.05) is 36.5 Å². The Hall–Kier alpha value is -4.04. The predicted octanol–water partition coefficient (Wildman–Crippen LogP) is 5.38. The van der Waals surface area contributed by atoms with Gasteiger partial charge in [0, 0.05) is 24.3 Å². The van der Waals surface area contributed by atoms with Crippen molar-refractivity contribution in [2.24, 2.45) is 0 Å². The lowest BCUT2D eigenvalue weighted by Gasteiger charge is -2.29. The van der Waals surface area contributed by atoms with Gasteiger partial charge in [-0.1, -0.05) is 24.3 Å². The van der Waals surface area contributed by atoms with Crippen LogP contribution in [0.4, 0.5) is 20.2 Å². The zero-order valence-corrected chi connectivity index (χ0v) is 18.1. The fourth-order valence-electron chi connectivity index (χ4n) is 3.90. The molecule has 1 amide bonds. The zero-order chi connectivity index (χ0) is 23.5. The van der Waals surface area contributed by atoms with Crippen LogP contribution < -0.4 is 10.2 Å². The van der Waals surface area contributed by atoms with Crippen molar-refractivity contribution in [2.45, 2.75) is 0 Å². The Bertz CT molecular complexity index is 1330. The average Bonchev–Trinajstić information content (AvgIpc) is 3.35. The Morgan fingerprint density at radius 1 is 0.912 bits per heavy atom. The normalized spacial score (nSPS) is 13.6. The van der Waals surface area contributed by atoms with E-state index in [1.807, 2.05) is 4.90 Å². The third kappa shape index (κ3) is 4.40. The zero-order valence-electron chi connectivity index (χ0n) is 18.1. The van der Waals surface area contributed by atoms with E-state index in [0.29, 0.717) is 48.8 Å². The highest BCUT2D eigenvalue weighted by Gasteiger charge is 2.19. The van der Waals surface area contributed by atoms with Crippen LogP contribution in [0.2, 0.25) is 0 Å². The minimum Gasteiger partial charge on any atom is -0.436 e. The largest absolute Gasteiger partial charge is 0.436 e. The summed E-state index contributed by atoms with van der Waals surface area (Å²) in [4.78, 5) is 19.2. The van der Waals surface area contributed by atoms with Gasteiger partial charge in [0.15, 0.2) is 5.76 Å². The lowest BCUT2D eigenvalue weighted by molar-refractivity contribution is 0.102. The second-order valence-corrected chi connectivity index (χ2v) is 7.77. The van der Waals surface area contributed by atoms with Gasteiger partial charge < -0.3 is 19.4 Å². The minimum atomic E-state index is -0.445. The summed E-state index contributed by atoms with van der Waals surface area (Å²) >= 11 is 0. The molecule has 0 unspecified atom stereocenters. The van der Waals surface area contributed by atoms with Crippen molar-refractivity contribution < 1.29 is 22.7 Å². The highest BCUT2D eigenvalue weighted by molar-refractivity contribution is 6.08. The lowest BCUT2D eigenvalue weighted by Crippen LogP contribution is -2.36. The molecule has 0 radical (unpaired) electrons. The molecule has 1 N–H and O–H groups in total. The number of nitrogens with one attached hydrogen (secondary N) is 1. The summed E-state index contributed by atoms with van der Waals surface area (Å²) in [6.45, 7) is 2.32. The molecule has 8 heteroatoms. The third-order valence-electron chi connectivity index (χ3n) is 5.60. The fraction of sp³-hybridized carbons (Fsp3) is 0.154. The van der Waals surface area contributed by atoms with E-state index >= 15 is 0 Å². The van der Waals surface area contributed by atoms with Gasteiger partial charge in [0.05, 0.1) is 36.2 Å². The Labute approximate surface area is 194 Å². The highest BCUT2D eigenvalue weighted by Crippen LogP contribution is 2.30. The molecule has 3 aromatic carbocycles. The van der Waals surface area contributed by atoms with Crippen molar-refractivity contribution in [3.05, 3.63) is 90.1 Å². The minimum absolute atomic E-state index is 0.179. The van der Waals surface area contributed by atoms with Crippen LogP contribution in [0.3, 0.4) is 0 Å². The molecule has 6 nitrogen and oxygen atoms in total. The molecule has 1 aliphatic rings. The Morgan fingerprint density at radius 3 is 2.41 bits per heavy atom. The van der Waals surface area contributed by atoms with Crippen molar-refractivity contribution in [1.29, 1.82) is 0 Å². The second kappa shape index (κ2) is 9.44. The smallest absolute Gasteiger partial charge is 0.256 e. The number of hydrogen-bond acceptors (Lipinski definition) is 5. The van der Waals surface area contributed by atoms with E-state index in [4.69, 9.17) is 9.15 Å². The number of carbonyl (C=O) groups is 1. The van der Waals surface area contributed by atoms with Crippen LogP contribution in [0.25, 0.3) is 22.8 Å². The number of ether oxygens (including phenoxy) is 1. The maximum atomic E-state index is 14.7. The van der Waals surface area contributed by atoms with Crippen molar-refractivity contribution in [1.82, 2.24) is 4.98 Å². The third-order valence-corrected chi connectivity index (χ3v) is 5.60. The molecule has 0 spiro atoms. The van der Waals surface area contributed by atoms with Gasteiger partial charge in [0.2, 0.25) is 5.89 Å². The molecule has 0 bridgehead atoms. The molecule has 1 saturated heterocycles. The maximum absolute atomic E-state index is 14.7. The van der Waals surface area contributed by atoms with Gasteiger partial charge in [-0.2, -0.15) is 0 Å². The van der Waals surface area contributed by atoms with Gasteiger partial charge in [0.25, 0.3) is 5.91 Å². The van der Waals surface area contributed by atoms with E-state index in [1.165, 1.54) is 18.3 Å².